The van der Waals surface area contributed by atoms with Crippen molar-refractivity contribution in [2.45, 2.75) is 129 Å². The van der Waals surface area contributed by atoms with E-state index >= 15 is 0 Å². The number of rotatable bonds is 8. The molecule has 186 valence electrons. The lowest BCUT2D eigenvalue weighted by atomic mass is 9.68. The Morgan fingerprint density at radius 2 is 1.10 bits per heavy atom. The van der Waals surface area contributed by atoms with E-state index in [0.29, 0.717) is 11.8 Å². The van der Waals surface area contributed by atoms with E-state index in [2.05, 4.69) is 86.8 Å². The Morgan fingerprint density at radius 3 is 1.35 bits per heavy atom. The fourth-order valence-electron chi connectivity index (χ4n) is 3.76. The molecule has 2 unspecified atom stereocenters. The van der Waals surface area contributed by atoms with Crippen molar-refractivity contribution in [3.05, 3.63) is 0 Å². The smallest absolute Gasteiger partial charge is 0.226 e. The number of hydrogen-bond donors (Lipinski definition) is 2. The Balaban J connectivity index is 0. The molecular formula is C27H56N2O2. The molecule has 4 nitrogen and oxygen atoms in total. The van der Waals surface area contributed by atoms with Crippen LogP contribution in [0.5, 0.6) is 0 Å². The summed E-state index contributed by atoms with van der Waals surface area (Å²) in [5.74, 6) is 1.28. The van der Waals surface area contributed by atoms with E-state index in [-0.39, 0.29) is 46.1 Å². The highest BCUT2D eigenvalue weighted by Crippen LogP contribution is 2.39. The van der Waals surface area contributed by atoms with Crippen LogP contribution in [-0.4, -0.2) is 23.9 Å². The quantitative estimate of drug-likeness (QED) is 0.434. The largest absolute Gasteiger partial charge is 0.354 e. The first kappa shape index (κ1) is 32.1. The predicted molar refractivity (Wildman–Crippen MR) is 136 cm³/mol. The van der Waals surface area contributed by atoms with Crippen LogP contribution >= 0.6 is 0 Å². The second-order valence-electron chi connectivity index (χ2n) is 13.2. The van der Waals surface area contributed by atoms with Gasteiger partial charge in [-0.2, -0.15) is 0 Å². The Labute approximate surface area is 195 Å². The van der Waals surface area contributed by atoms with Crippen molar-refractivity contribution in [3.8, 4) is 0 Å². The zero-order valence-corrected chi connectivity index (χ0v) is 23.6. The van der Waals surface area contributed by atoms with Crippen LogP contribution in [0, 0.1) is 34.0 Å². The lowest BCUT2D eigenvalue weighted by molar-refractivity contribution is -0.135. The topological polar surface area (TPSA) is 58.2 Å². The summed E-state index contributed by atoms with van der Waals surface area (Å²) in [6.45, 7) is 31.7. The van der Waals surface area contributed by atoms with Gasteiger partial charge >= 0.3 is 0 Å². The fourth-order valence-corrected chi connectivity index (χ4v) is 3.76. The molecule has 0 spiro atoms. The number of nitrogens with one attached hydrogen (secondary N) is 2. The highest BCUT2D eigenvalue weighted by atomic mass is 16.2. The van der Waals surface area contributed by atoms with E-state index in [1.807, 2.05) is 27.7 Å². The van der Waals surface area contributed by atoms with Crippen LogP contribution in [0.4, 0.5) is 0 Å². The van der Waals surface area contributed by atoms with Gasteiger partial charge in [-0.05, 0) is 63.2 Å². The zero-order valence-electron chi connectivity index (χ0n) is 23.6. The highest BCUT2D eigenvalue weighted by molar-refractivity contribution is 5.82. The lowest BCUT2D eigenvalue weighted by Crippen LogP contribution is -2.46. The van der Waals surface area contributed by atoms with Crippen molar-refractivity contribution in [1.82, 2.24) is 10.6 Å². The van der Waals surface area contributed by atoms with Crippen LogP contribution in [0.15, 0.2) is 0 Å². The summed E-state index contributed by atoms with van der Waals surface area (Å²) in [6.07, 6.45) is 1.86. The van der Waals surface area contributed by atoms with Crippen molar-refractivity contribution >= 4 is 11.8 Å². The molecule has 0 fully saturated rings. The molecule has 2 atom stereocenters. The van der Waals surface area contributed by atoms with E-state index in [4.69, 9.17) is 0 Å². The molecule has 0 aliphatic rings. The second kappa shape index (κ2) is 12.8. The van der Waals surface area contributed by atoms with Crippen LogP contribution in [0.2, 0.25) is 0 Å². The number of carbonyl (C=O) groups excluding carboxylic acids is 2. The van der Waals surface area contributed by atoms with Crippen LogP contribution < -0.4 is 10.6 Å². The van der Waals surface area contributed by atoms with Gasteiger partial charge in [0, 0.05) is 23.4 Å². The van der Waals surface area contributed by atoms with E-state index in [0.717, 1.165) is 12.8 Å². The van der Waals surface area contributed by atoms with Crippen LogP contribution in [0.1, 0.15) is 117 Å². The van der Waals surface area contributed by atoms with Crippen LogP contribution in [-0.2, 0) is 9.59 Å². The van der Waals surface area contributed by atoms with Crippen molar-refractivity contribution in [1.29, 1.82) is 0 Å². The van der Waals surface area contributed by atoms with Gasteiger partial charge in [-0.1, -0.05) is 76.2 Å². The molecule has 0 aromatic heterocycles. The summed E-state index contributed by atoms with van der Waals surface area (Å²) in [6, 6.07) is 0.448. The Bertz CT molecular complexity index is 536. The maximum atomic E-state index is 12.3. The summed E-state index contributed by atoms with van der Waals surface area (Å²) >= 11 is 0. The maximum Gasteiger partial charge on any atom is 0.226 e. The second-order valence-corrected chi connectivity index (χ2v) is 13.2. The molecule has 0 aliphatic carbocycles. The van der Waals surface area contributed by atoms with Gasteiger partial charge in [0.1, 0.15) is 0 Å². The molecule has 0 bridgehead atoms. The minimum atomic E-state index is -0.275. The molecule has 2 amide bonds. The molecule has 2 N–H and O–H groups in total. The van der Waals surface area contributed by atoms with Crippen molar-refractivity contribution < 1.29 is 9.59 Å². The Morgan fingerprint density at radius 1 is 0.677 bits per heavy atom. The van der Waals surface area contributed by atoms with Gasteiger partial charge in [0.15, 0.2) is 0 Å². The number of amides is 2. The van der Waals surface area contributed by atoms with Crippen molar-refractivity contribution in [2.24, 2.45) is 34.0 Å². The standard InChI is InChI=1S/C14H29NO.C13H27NO/c1-10(2)14(8,9-13(5,6)7)12(16)15-11(3)4;1-9(2)11(8-13(5,6)7)12(15)14-10(3)4/h10-11H,9H2,1-8H3,(H,15,16);9-11H,8H2,1-7H3,(H,14,15). The molecule has 0 radical (unpaired) electrons. The van der Waals surface area contributed by atoms with Gasteiger partial charge < -0.3 is 10.6 Å². The summed E-state index contributed by atoms with van der Waals surface area (Å²) < 4.78 is 0. The average molecular weight is 441 g/mol. The first-order valence-corrected chi connectivity index (χ1v) is 12.2. The molecule has 0 aromatic carbocycles. The first-order valence-electron chi connectivity index (χ1n) is 12.2. The third-order valence-corrected chi connectivity index (χ3v) is 5.52. The summed E-state index contributed by atoms with van der Waals surface area (Å²) in [4.78, 5) is 24.2. The molecule has 0 rings (SSSR count). The molecule has 31 heavy (non-hydrogen) atoms. The zero-order chi connectivity index (χ0) is 25.4. The Hall–Kier alpha value is -1.06. The molecule has 0 aromatic rings. The minimum Gasteiger partial charge on any atom is -0.354 e. The average Bonchev–Trinajstić information content (AvgIpc) is 2.48. The van der Waals surface area contributed by atoms with E-state index in [1.54, 1.807) is 0 Å². The summed E-state index contributed by atoms with van der Waals surface area (Å²) in [7, 11) is 0. The maximum absolute atomic E-state index is 12.3. The molecular weight excluding hydrogens is 384 g/mol. The minimum absolute atomic E-state index is 0.132. The van der Waals surface area contributed by atoms with Gasteiger partial charge in [-0.3, -0.25) is 9.59 Å². The number of carbonyl (C=O) groups is 2. The third-order valence-electron chi connectivity index (χ3n) is 5.52. The third kappa shape index (κ3) is 14.6. The van der Waals surface area contributed by atoms with Crippen molar-refractivity contribution in [2.75, 3.05) is 0 Å². The summed E-state index contributed by atoms with van der Waals surface area (Å²) in [5, 5.41) is 6.06. The molecule has 0 saturated heterocycles. The highest BCUT2D eigenvalue weighted by Gasteiger charge is 2.39. The first-order chi connectivity index (χ1) is 13.6. The van der Waals surface area contributed by atoms with Crippen LogP contribution in [0.3, 0.4) is 0 Å². The van der Waals surface area contributed by atoms with Gasteiger partial charge in [0.25, 0.3) is 0 Å². The normalized spacial score (nSPS) is 15.5. The predicted octanol–water partition coefficient (Wildman–Crippen LogP) is 6.83. The lowest BCUT2D eigenvalue weighted by Gasteiger charge is -2.38. The van der Waals surface area contributed by atoms with Crippen LogP contribution in [0.25, 0.3) is 0 Å². The molecule has 4 heteroatoms. The molecule has 0 aliphatic heterocycles. The van der Waals surface area contributed by atoms with E-state index in [9.17, 15) is 9.59 Å². The molecule has 0 heterocycles. The van der Waals surface area contributed by atoms with E-state index in [1.165, 1.54) is 0 Å². The SMILES string of the molecule is CC(C)NC(=O)C(C)(CC(C)(C)C)C(C)C.CC(C)NC(=O)C(CC(C)(C)C)C(C)C. The van der Waals surface area contributed by atoms with Gasteiger partial charge in [-0.15, -0.1) is 0 Å². The Kier molecular flexibility index (Phi) is 13.3. The van der Waals surface area contributed by atoms with Crippen molar-refractivity contribution in [3.63, 3.8) is 0 Å². The monoisotopic (exact) mass is 440 g/mol. The fraction of sp³-hybridized carbons (Fsp3) is 0.926. The summed E-state index contributed by atoms with van der Waals surface area (Å²) in [5.41, 5.74) is 0.110. The van der Waals surface area contributed by atoms with E-state index < -0.39 is 0 Å². The van der Waals surface area contributed by atoms with Gasteiger partial charge in [0.05, 0.1) is 0 Å². The van der Waals surface area contributed by atoms with Gasteiger partial charge in [-0.25, -0.2) is 0 Å². The number of hydrogen-bond acceptors (Lipinski definition) is 2. The van der Waals surface area contributed by atoms with Gasteiger partial charge in [0.2, 0.25) is 11.8 Å². The molecule has 0 saturated carbocycles.